The van der Waals surface area contributed by atoms with E-state index in [0.29, 0.717) is 32.5 Å². The molecule has 38 heavy (non-hydrogen) atoms. The maximum atomic E-state index is 15.7. The summed E-state index contributed by atoms with van der Waals surface area (Å²) in [6, 6.07) is 14.0. The molecule has 204 valence electrons. The average Bonchev–Trinajstić information content (AvgIpc) is 2.92. The first kappa shape index (κ1) is 28.0. The van der Waals surface area contributed by atoms with E-state index in [1.54, 1.807) is 0 Å². The van der Waals surface area contributed by atoms with Crippen LogP contribution in [0, 0.1) is 17.1 Å². The normalized spacial score (nSPS) is 20.1. The van der Waals surface area contributed by atoms with E-state index in [4.69, 9.17) is 4.74 Å². The largest absolute Gasteiger partial charge is 0.368 e. The lowest BCUT2D eigenvalue weighted by Crippen LogP contribution is -2.52. The predicted molar refractivity (Wildman–Crippen MR) is 143 cm³/mol. The first-order valence-electron chi connectivity index (χ1n) is 13.0. The lowest BCUT2D eigenvalue weighted by atomic mass is 9.84. The van der Waals surface area contributed by atoms with Crippen LogP contribution in [0.3, 0.4) is 0 Å². The van der Waals surface area contributed by atoms with Gasteiger partial charge >= 0.3 is 0 Å². The summed E-state index contributed by atoms with van der Waals surface area (Å²) in [5.41, 5.74) is -0.0327. The Bertz CT molecular complexity index is 1290. The summed E-state index contributed by atoms with van der Waals surface area (Å²) in [6.07, 6.45) is 4.80. The molecule has 0 unspecified atom stereocenters. The van der Waals surface area contributed by atoms with Crippen LogP contribution >= 0.6 is 0 Å². The number of rotatable bonds is 8. The zero-order valence-electron chi connectivity index (χ0n) is 22.0. The fraction of sp³-hybridized carbons (Fsp3) is 0.500. The minimum Gasteiger partial charge on any atom is -0.368 e. The third kappa shape index (κ3) is 6.01. The fourth-order valence-electron chi connectivity index (χ4n) is 5.56. The highest BCUT2D eigenvalue weighted by molar-refractivity contribution is 7.90. The number of halogens is 1. The van der Waals surface area contributed by atoms with E-state index in [9.17, 15) is 18.5 Å². The summed E-state index contributed by atoms with van der Waals surface area (Å²) in [4.78, 5) is 16.6. The van der Waals surface area contributed by atoms with Crippen molar-refractivity contribution in [1.82, 2.24) is 9.62 Å². The molecule has 1 N–H and O–H groups in total. The van der Waals surface area contributed by atoms with Crippen molar-refractivity contribution in [3.05, 3.63) is 59.4 Å². The molecule has 2 aliphatic rings. The number of nitriles is 1. The Balaban J connectivity index is 1.60. The third-order valence-electron chi connectivity index (χ3n) is 7.74. The molecule has 1 heterocycles. The SMILES string of the molecule is COC1(C(=O)NS(=O)(=O)c2cc(F)c(N3CCN(C)C[C@@H]3CCc3ccccc3)c(C#N)c2)CCCCC1. The van der Waals surface area contributed by atoms with E-state index >= 15 is 4.39 Å². The minimum atomic E-state index is -4.43. The Morgan fingerprint density at radius 2 is 1.89 bits per heavy atom. The molecule has 2 aromatic carbocycles. The summed E-state index contributed by atoms with van der Waals surface area (Å²) in [5, 5.41) is 9.92. The lowest BCUT2D eigenvalue weighted by Gasteiger charge is -2.42. The van der Waals surface area contributed by atoms with Crippen LogP contribution in [0.1, 0.15) is 49.7 Å². The highest BCUT2D eigenvalue weighted by Gasteiger charge is 2.42. The number of amides is 1. The number of carbonyl (C=O) groups excluding carboxylic acids is 1. The highest BCUT2D eigenvalue weighted by Crippen LogP contribution is 2.34. The smallest absolute Gasteiger partial charge is 0.265 e. The molecule has 0 aromatic heterocycles. The van der Waals surface area contributed by atoms with Crippen LogP contribution in [0.15, 0.2) is 47.4 Å². The number of hydrogen-bond donors (Lipinski definition) is 1. The summed E-state index contributed by atoms with van der Waals surface area (Å²) in [6.45, 7) is 1.87. The second kappa shape index (κ2) is 11.8. The summed E-state index contributed by atoms with van der Waals surface area (Å²) in [7, 11) is -1.03. The molecule has 10 heteroatoms. The number of hydrogen-bond acceptors (Lipinski definition) is 7. The number of ether oxygens (including phenoxy) is 1. The van der Waals surface area contributed by atoms with E-state index < -0.39 is 32.2 Å². The molecular weight excluding hydrogens is 507 g/mol. The second-order valence-electron chi connectivity index (χ2n) is 10.2. The molecule has 1 amide bonds. The van der Waals surface area contributed by atoms with Gasteiger partial charge in [0, 0.05) is 32.8 Å². The number of piperazine rings is 1. The minimum absolute atomic E-state index is 0.0643. The monoisotopic (exact) mass is 542 g/mol. The molecule has 0 bridgehead atoms. The van der Waals surface area contributed by atoms with Gasteiger partial charge in [0.2, 0.25) is 0 Å². The first-order chi connectivity index (χ1) is 18.2. The van der Waals surface area contributed by atoms with E-state index in [-0.39, 0.29) is 17.3 Å². The summed E-state index contributed by atoms with van der Waals surface area (Å²) >= 11 is 0. The molecule has 0 radical (unpaired) electrons. The molecular formula is C28H35FN4O4S. The quantitative estimate of drug-likeness (QED) is 0.544. The van der Waals surface area contributed by atoms with Gasteiger partial charge < -0.3 is 14.5 Å². The van der Waals surface area contributed by atoms with Crippen LogP contribution in [-0.4, -0.2) is 64.7 Å². The lowest BCUT2D eigenvalue weighted by molar-refractivity contribution is -0.145. The number of nitrogens with zero attached hydrogens (tertiary/aromatic N) is 3. The van der Waals surface area contributed by atoms with Crippen LogP contribution in [0.4, 0.5) is 10.1 Å². The predicted octanol–water partition coefficient (Wildman–Crippen LogP) is 3.60. The van der Waals surface area contributed by atoms with Gasteiger partial charge in [0.1, 0.15) is 17.5 Å². The number of carbonyl (C=O) groups is 1. The van der Waals surface area contributed by atoms with Crippen LogP contribution in [0.5, 0.6) is 0 Å². The average molecular weight is 543 g/mol. The van der Waals surface area contributed by atoms with Crippen LogP contribution < -0.4 is 9.62 Å². The Morgan fingerprint density at radius 1 is 1.18 bits per heavy atom. The maximum Gasteiger partial charge on any atom is 0.265 e. The number of nitrogens with one attached hydrogen (secondary N) is 1. The van der Waals surface area contributed by atoms with Crippen molar-refractivity contribution >= 4 is 21.6 Å². The van der Waals surface area contributed by atoms with Gasteiger partial charge in [0.15, 0.2) is 0 Å². The highest BCUT2D eigenvalue weighted by atomic mass is 32.2. The van der Waals surface area contributed by atoms with Crippen molar-refractivity contribution in [2.24, 2.45) is 0 Å². The topological polar surface area (TPSA) is 103 Å². The van der Waals surface area contributed by atoms with Crippen molar-refractivity contribution in [3.63, 3.8) is 0 Å². The Kier molecular flexibility index (Phi) is 8.71. The number of methoxy groups -OCH3 is 1. The number of likely N-dealkylation sites (N-methyl/N-ethyl adjacent to an activating group) is 1. The van der Waals surface area contributed by atoms with Crippen LogP contribution in [0.2, 0.25) is 0 Å². The number of aryl methyl sites for hydroxylation is 1. The third-order valence-corrected chi connectivity index (χ3v) is 9.05. The zero-order valence-corrected chi connectivity index (χ0v) is 22.8. The maximum absolute atomic E-state index is 15.7. The molecule has 1 atom stereocenters. The van der Waals surface area contributed by atoms with Gasteiger partial charge in [0.05, 0.1) is 16.1 Å². The van der Waals surface area contributed by atoms with E-state index in [2.05, 4.69) is 9.62 Å². The molecule has 1 saturated carbocycles. The Hall–Kier alpha value is -3.00. The molecule has 4 rings (SSSR count). The number of benzene rings is 2. The zero-order chi connectivity index (χ0) is 27.3. The Morgan fingerprint density at radius 3 is 2.55 bits per heavy atom. The first-order valence-corrected chi connectivity index (χ1v) is 14.5. The molecule has 0 spiro atoms. The Labute approximate surface area is 224 Å². The molecule has 8 nitrogen and oxygen atoms in total. The van der Waals surface area contributed by atoms with Crippen molar-refractivity contribution in [2.45, 2.75) is 61.5 Å². The fourth-order valence-corrected chi connectivity index (χ4v) is 6.64. The second-order valence-corrected chi connectivity index (χ2v) is 11.9. The van der Waals surface area contributed by atoms with E-state index in [1.807, 2.05) is 48.3 Å². The van der Waals surface area contributed by atoms with E-state index in [1.165, 1.54) is 12.7 Å². The van der Waals surface area contributed by atoms with E-state index in [0.717, 1.165) is 44.2 Å². The van der Waals surface area contributed by atoms with Crippen molar-refractivity contribution in [1.29, 1.82) is 5.26 Å². The number of anilines is 1. The molecule has 1 saturated heterocycles. The van der Waals surface area contributed by atoms with Gasteiger partial charge in [-0.3, -0.25) is 4.79 Å². The molecule has 1 aliphatic heterocycles. The van der Waals surface area contributed by atoms with Gasteiger partial charge in [-0.15, -0.1) is 0 Å². The van der Waals surface area contributed by atoms with Crippen LogP contribution in [-0.2, 0) is 26.0 Å². The van der Waals surface area contributed by atoms with Crippen molar-refractivity contribution in [3.8, 4) is 6.07 Å². The van der Waals surface area contributed by atoms with Gasteiger partial charge in [-0.2, -0.15) is 5.26 Å². The van der Waals surface area contributed by atoms with Crippen molar-refractivity contribution in [2.75, 3.05) is 38.7 Å². The standard InChI is InChI=1S/C28H35FN4O4S/c1-32-15-16-33(23(20-32)12-11-21-9-5-3-6-10-21)26-22(19-30)17-24(18-25(26)29)38(35,36)31-27(34)28(37-2)13-7-4-8-14-28/h3,5-6,9-10,17-18,23H,4,7-8,11-16,20H2,1-2H3,(H,31,34)/t23-/m0/s1. The molecule has 2 aromatic rings. The van der Waals surface area contributed by atoms with Crippen molar-refractivity contribution < 1.29 is 22.3 Å². The van der Waals surface area contributed by atoms with Gasteiger partial charge in [-0.05, 0) is 50.4 Å². The van der Waals surface area contributed by atoms with Gasteiger partial charge in [-0.1, -0.05) is 49.6 Å². The molecule has 2 fully saturated rings. The summed E-state index contributed by atoms with van der Waals surface area (Å²) in [5.74, 6) is -1.56. The van der Waals surface area contributed by atoms with Crippen LogP contribution in [0.25, 0.3) is 0 Å². The number of sulfonamides is 1. The molecule has 1 aliphatic carbocycles. The summed E-state index contributed by atoms with van der Waals surface area (Å²) < 4.78 is 49.5. The van der Waals surface area contributed by atoms with Gasteiger partial charge in [-0.25, -0.2) is 17.5 Å². The van der Waals surface area contributed by atoms with Gasteiger partial charge in [0.25, 0.3) is 15.9 Å².